The normalized spacial score (nSPS) is 12.9. The van der Waals surface area contributed by atoms with Crippen LogP contribution >= 0.6 is 0 Å². The van der Waals surface area contributed by atoms with Crippen molar-refractivity contribution in [3.63, 3.8) is 0 Å². The van der Waals surface area contributed by atoms with Crippen LogP contribution in [0.25, 0.3) is 0 Å². The van der Waals surface area contributed by atoms with Gasteiger partial charge in [-0.3, -0.25) is 4.79 Å². The Morgan fingerprint density at radius 2 is 2.20 bits per heavy atom. The van der Waals surface area contributed by atoms with E-state index in [2.05, 4.69) is 29.2 Å². The minimum absolute atomic E-state index is 0.0571. The summed E-state index contributed by atoms with van der Waals surface area (Å²) in [5.41, 5.74) is 6.00. The van der Waals surface area contributed by atoms with Crippen molar-refractivity contribution in [3.05, 3.63) is 11.8 Å². The van der Waals surface area contributed by atoms with Gasteiger partial charge in [0.15, 0.2) is 5.82 Å². The molecule has 0 aliphatic carbocycles. The van der Waals surface area contributed by atoms with Crippen LogP contribution < -0.4 is 11.1 Å². The smallest absolute Gasteiger partial charge is 0.226 e. The quantitative estimate of drug-likeness (QED) is 0.757. The molecule has 0 aliphatic rings. The van der Waals surface area contributed by atoms with Crippen LogP contribution in [0.1, 0.15) is 32.4 Å². The number of nitrogens with two attached hydrogens (primary N) is 1. The zero-order valence-electron chi connectivity index (χ0n) is 12.8. The van der Waals surface area contributed by atoms with E-state index in [1.807, 2.05) is 7.05 Å². The van der Waals surface area contributed by atoms with Crippen molar-refractivity contribution >= 4 is 11.7 Å². The fraction of sp³-hybridized carbons (Fsp3) is 0.714. The van der Waals surface area contributed by atoms with Gasteiger partial charge in [-0.25, -0.2) is 0 Å². The predicted molar refractivity (Wildman–Crippen MR) is 79.4 cm³/mol. The molecule has 1 heterocycles. The second-order valence-electron chi connectivity index (χ2n) is 5.62. The van der Waals surface area contributed by atoms with Gasteiger partial charge in [0.2, 0.25) is 5.91 Å². The van der Waals surface area contributed by atoms with Crippen molar-refractivity contribution in [3.8, 4) is 0 Å². The number of aryl methyl sites for hydroxylation is 1. The number of nitrogens with zero attached hydrogens (tertiary/aromatic N) is 2. The minimum Gasteiger partial charge on any atom is -0.360 e. The SMILES string of the molecule is Cc1cc(NC(=O)CCN(C)CCC(N)C(C)C)no1. The van der Waals surface area contributed by atoms with Gasteiger partial charge in [0.25, 0.3) is 0 Å². The molecule has 1 amide bonds. The Balaban J connectivity index is 2.20. The Hall–Kier alpha value is -1.40. The fourth-order valence-corrected chi connectivity index (χ4v) is 1.74. The van der Waals surface area contributed by atoms with E-state index in [0.29, 0.717) is 30.5 Å². The van der Waals surface area contributed by atoms with Crippen molar-refractivity contribution in [1.82, 2.24) is 10.1 Å². The number of hydrogen-bond acceptors (Lipinski definition) is 5. The summed E-state index contributed by atoms with van der Waals surface area (Å²) >= 11 is 0. The minimum atomic E-state index is -0.0571. The summed E-state index contributed by atoms with van der Waals surface area (Å²) in [6, 6.07) is 1.91. The van der Waals surface area contributed by atoms with Crippen molar-refractivity contribution in [2.24, 2.45) is 11.7 Å². The Morgan fingerprint density at radius 1 is 1.50 bits per heavy atom. The highest BCUT2D eigenvalue weighted by Crippen LogP contribution is 2.07. The highest BCUT2D eigenvalue weighted by atomic mass is 16.5. The molecular weight excluding hydrogens is 256 g/mol. The van der Waals surface area contributed by atoms with Crippen LogP contribution in [-0.4, -0.2) is 42.1 Å². The summed E-state index contributed by atoms with van der Waals surface area (Å²) in [5.74, 6) is 1.58. The molecule has 0 saturated heterocycles. The molecule has 0 aliphatic heterocycles. The van der Waals surface area contributed by atoms with Crippen molar-refractivity contribution in [2.75, 3.05) is 25.5 Å². The van der Waals surface area contributed by atoms with Gasteiger partial charge in [-0.1, -0.05) is 19.0 Å². The summed E-state index contributed by atoms with van der Waals surface area (Å²) in [6.07, 6.45) is 1.37. The van der Waals surface area contributed by atoms with E-state index in [9.17, 15) is 4.79 Å². The number of nitrogens with one attached hydrogen (secondary N) is 1. The maximum atomic E-state index is 11.7. The molecule has 0 aromatic carbocycles. The van der Waals surface area contributed by atoms with E-state index in [4.69, 9.17) is 10.3 Å². The highest BCUT2D eigenvalue weighted by Gasteiger charge is 2.11. The molecule has 1 atom stereocenters. The van der Waals surface area contributed by atoms with Crippen molar-refractivity contribution in [2.45, 2.75) is 39.7 Å². The number of hydrogen-bond donors (Lipinski definition) is 2. The van der Waals surface area contributed by atoms with Gasteiger partial charge in [0.05, 0.1) is 0 Å². The van der Waals surface area contributed by atoms with Crippen molar-refractivity contribution < 1.29 is 9.32 Å². The molecule has 1 aromatic heterocycles. The third-order valence-corrected chi connectivity index (χ3v) is 3.32. The van der Waals surface area contributed by atoms with Crippen LogP contribution in [-0.2, 0) is 4.79 Å². The first-order valence-corrected chi connectivity index (χ1v) is 7.05. The molecular formula is C14H26N4O2. The maximum Gasteiger partial charge on any atom is 0.226 e. The number of anilines is 1. The molecule has 3 N–H and O–H groups in total. The summed E-state index contributed by atoms with van der Waals surface area (Å²) in [4.78, 5) is 13.8. The van der Waals surface area contributed by atoms with Gasteiger partial charge < -0.3 is 20.5 Å². The Morgan fingerprint density at radius 3 is 2.75 bits per heavy atom. The van der Waals surface area contributed by atoms with E-state index >= 15 is 0 Å². The molecule has 0 spiro atoms. The summed E-state index contributed by atoms with van der Waals surface area (Å²) in [7, 11) is 2.00. The number of aromatic nitrogens is 1. The molecule has 1 unspecified atom stereocenters. The lowest BCUT2D eigenvalue weighted by Gasteiger charge is -2.21. The Bertz CT molecular complexity index is 417. The van der Waals surface area contributed by atoms with Crippen molar-refractivity contribution in [1.29, 1.82) is 0 Å². The van der Waals surface area contributed by atoms with Gasteiger partial charge in [0, 0.05) is 25.1 Å². The third kappa shape index (κ3) is 6.16. The zero-order chi connectivity index (χ0) is 15.1. The first kappa shape index (κ1) is 16.7. The number of amides is 1. The fourth-order valence-electron chi connectivity index (χ4n) is 1.74. The molecule has 1 rings (SSSR count). The molecule has 0 radical (unpaired) electrons. The monoisotopic (exact) mass is 282 g/mol. The molecule has 0 saturated carbocycles. The topological polar surface area (TPSA) is 84.4 Å². The Labute approximate surface area is 120 Å². The van der Waals surface area contributed by atoms with Gasteiger partial charge in [-0.05, 0) is 32.9 Å². The summed E-state index contributed by atoms with van der Waals surface area (Å²) < 4.78 is 4.89. The second-order valence-corrected chi connectivity index (χ2v) is 5.62. The van der Waals surface area contributed by atoms with Gasteiger partial charge in [-0.15, -0.1) is 0 Å². The Kier molecular flexibility index (Phi) is 6.67. The third-order valence-electron chi connectivity index (χ3n) is 3.32. The molecule has 1 aromatic rings. The van der Waals surface area contributed by atoms with Gasteiger partial charge in [0.1, 0.15) is 5.76 Å². The van der Waals surface area contributed by atoms with Gasteiger partial charge >= 0.3 is 0 Å². The molecule has 20 heavy (non-hydrogen) atoms. The molecule has 6 nitrogen and oxygen atoms in total. The van der Waals surface area contributed by atoms with Crippen LogP contribution in [0.5, 0.6) is 0 Å². The van der Waals surface area contributed by atoms with E-state index in [1.54, 1.807) is 13.0 Å². The number of carbonyl (C=O) groups is 1. The van der Waals surface area contributed by atoms with Crippen LogP contribution in [0, 0.1) is 12.8 Å². The maximum absolute atomic E-state index is 11.7. The summed E-state index contributed by atoms with van der Waals surface area (Å²) in [6.45, 7) is 7.63. The molecule has 0 fully saturated rings. The highest BCUT2D eigenvalue weighted by molar-refractivity contribution is 5.89. The summed E-state index contributed by atoms with van der Waals surface area (Å²) in [5, 5.41) is 6.43. The average molecular weight is 282 g/mol. The lowest BCUT2D eigenvalue weighted by molar-refractivity contribution is -0.116. The second kappa shape index (κ2) is 8.01. The molecule has 0 bridgehead atoms. The van der Waals surface area contributed by atoms with Gasteiger partial charge in [-0.2, -0.15) is 0 Å². The molecule has 6 heteroatoms. The van der Waals surface area contributed by atoms with Crippen LogP contribution in [0.4, 0.5) is 5.82 Å². The van der Waals surface area contributed by atoms with Crippen LogP contribution in [0.3, 0.4) is 0 Å². The van der Waals surface area contributed by atoms with E-state index in [-0.39, 0.29) is 11.9 Å². The first-order valence-electron chi connectivity index (χ1n) is 7.05. The number of carbonyl (C=O) groups excluding carboxylic acids is 1. The zero-order valence-corrected chi connectivity index (χ0v) is 12.8. The van der Waals surface area contributed by atoms with E-state index in [0.717, 1.165) is 13.0 Å². The predicted octanol–water partition coefficient (Wildman–Crippen LogP) is 1.62. The first-order chi connectivity index (χ1) is 9.38. The lowest BCUT2D eigenvalue weighted by Crippen LogP contribution is -2.33. The van der Waals surface area contributed by atoms with Crippen LogP contribution in [0.2, 0.25) is 0 Å². The number of rotatable bonds is 8. The van der Waals surface area contributed by atoms with E-state index in [1.165, 1.54) is 0 Å². The van der Waals surface area contributed by atoms with E-state index < -0.39 is 0 Å². The molecule has 114 valence electrons. The standard InChI is InChI=1S/C14H26N4O2/c1-10(2)12(15)5-7-18(4)8-6-14(19)16-13-9-11(3)20-17-13/h9-10,12H,5-8,15H2,1-4H3,(H,16,17,19). The largest absolute Gasteiger partial charge is 0.360 e. The average Bonchev–Trinajstić information content (AvgIpc) is 2.78. The lowest BCUT2D eigenvalue weighted by atomic mass is 10.0. The van der Waals surface area contributed by atoms with Crippen LogP contribution in [0.15, 0.2) is 10.6 Å².